The Bertz CT molecular complexity index is 3320. The van der Waals surface area contributed by atoms with Crippen molar-refractivity contribution in [2.24, 2.45) is 0 Å². The van der Waals surface area contributed by atoms with Gasteiger partial charge in [0.2, 0.25) is 0 Å². The van der Waals surface area contributed by atoms with Crippen LogP contribution in [0.25, 0.3) is 55.3 Å². The summed E-state index contributed by atoms with van der Waals surface area (Å²) in [7, 11) is 0. The van der Waals surface area contributed by atoms with Crippen LogP contribution in [-0.4, -0.2) is 0 Å². The van der Waals surface area contributed by atoms with E-state index in [1.54, 1.807) is 0 Å². The smallest absolute Gasteiger partial charge is 0.136 e. The van der Waals surface area contributed by atoms with Gasteiger partial charge in [-0.05, 0) is 129 Å². The predicted molar refractivity (Wildman–Crippen MR) is 267 cm³/mol. The SMILES string of the molecule is CC1(C)c2ccccc2-c2ccc(N(c3ccc(-c4ccc(-c5ccccc5)cc4)cc3)c3ccc4c5c(cccc35)-c3cc(N(c5ccccc5)c5ccccc5)ccc3O4)cc21. The molecule has 0 aromatic heterocycles. The summed E-state index contributed by atoms with van der Waals surface area (Å²) in [5, 5.41) is 2.22. The van der Waals surface area contributed by atoms with Gasteiger partial charge in [0.05, 0.1) is 5.69 Å². The zero-order chi connectivity index (χ0) is 42.8. The molecule has 3 heteroatoms. The molecule has 10 aromatic carbocycles. The lowest BCUT2D eigenvalue weighted by molar-refractivity contribution is 0.487. The Kier molecular flexibility index (Phi) is 8.84. The molecule has 0 unspecified atom stereocenters. The van der Waals surface area contributed by atoms with E-state index in [2.05, 4.69) is 254 Å². The van der Waals surface area contributed by atoms with Crippen LogP contribution in [0.3, 0.4) is 0 Å². The van der Waals surface area contributed by atoms with Gasteiger partial charge in [-0.1, -0.05) is 166 Å². The highest BCUT2D eigenvalue weighted by Crippen LogP contribution is 2.54. The monoisotopic (exact) mass is 820 g/mol. The van der Waals surface area contributed by atoms with Crippen LogP contribution in [0.4, 0.5) is 34.1 Å². The third kappa shape index (κ3) is 6.20. The second-order valence-electron chi connectivity index (χ2n) is 17.3. The van der Waals surface area contributed by atoms with Crippen molar-refractivity contribution in [3.05, 3.63) is 242 Å². The van der Waals surface area contributed by atoms with Crippen molar-refractivity contribution in [2.45, 2.75) is 19.3 Å². The molecule has 0 fully saturated rings. The Morgan fingerprint density at radius 3 is 1.52 bits per heavy atom. The van der Waals surface area contributed by atoms with Crippen LogP contribution in [0.1, 0.15) is 25.0 Å². The second-order valence-corrected chi connectivity index (χ2v) is 17.3. The number of benzene rings is 10. The predicted octanol–water partition coefficient (Wildman–Crippen LogP) is 17.2. The van der Waals surface area contributed by atoms with Crippen molar-refractivity contribution in [3.63, 3.8) is 0 Å². The lowest BCUT2D eigenvalue weighted by Crippen LogP contribution is -2.16. The third-order valence-electron chi connectivity index (χ3n) is 13.3. The number of rotatable bonds is 8. The lowest BCUT2D eigenvalue weighted by atomic mass is 9.82. The average molecular weight is 821 g/mol. The van der Waals surface area contributed by atoms with Crippen molar-refractivity contribution >= 4 is 44.9 Å². The Morgan fingerprint density at radius 1 is 0.328 bits per heavy atom. The maximum absolute atomic E-state index is 6.83. The molecular weight excluding hydrogens is 777 g/mol. The highest BCUT2D eigenvalue weighted by molar-refractivity contribution is 6.11. The third-order valence-corrected chi connectivity index (χ3v) is 13.3. The number of para-hydroxylation sites is 2. The number of anilines is 6. The van der Waals surface area contributed by atoms with Crippen LogP contribution in [0, 0.1) is 0 Å². The van der Waals surface area contributed by atoms with Gasteiger partial charge in [0, 0.05) is 50.2 Å². The van der Waals surface area contributed by atoms with Gasteiger partial charge in [-0.2, -0.15) is 0 Å². The van der Waals surface area contributed by atoms with E-state index in [9.17, 15) is 0 Å². The maximum Gasteiger partial charge on any atom is 0.136 e. The molecule has 0 radical (unpaired) electrons. The summed E-state index contributed by atoms with van der Waals surface area (Å²) in [6.45, 7) is 4.71. The topological polar surface area (TPSA) is 15.7 Å². The molecule has 304 valence electrons. The average Bonchev–Trinajstić information content (AvgIpc) is 3.59. The summed E-state index contributed by atoms with van der Waals surface area (Å²) in [5.74, 6) is 1.71. The normalized spacial score (nSPS) is 12.8. The van der Waals surface area contributed by atoms with Crippen LogP contribution >= 0.6 is 0 Å². The molecule has 3 nitrogen and oxygen atoms in total. The fourth-order valence-electron chi connectivity index (χ4n) is 10.1. The molecule has 64 heavy (non-hydrogen) atoms. The van der Waals surface area contributed by atoms with E-state index >= 15 is 0 Å². The summed E-state index contributed by atoms with van der Waals surface area (Å²) in [6, 6.07) is 83.2. The molecule has 0 amide bonds. The summed E-state index contributed by atoms with van der Waals surface area (Å²) in [5.41, 5.74) is 18.7. The molecule has 1 aliphatic carbocycles. The minimum absolute atomic E-state index is 0.147. The van der Waals surface area contributed by atoms with Gasteiger partial charge >= 0.3 is 0 Å². The summed E-state index contributed by atoms with van der Waals surface area (Å²) in [6.07, 6.45) is 0. The first kappa shape index (κ1) is 37.6. The molecule has 0 spiro atoms. The van der Waals surface area contributed by atoms with E-state index in [4.69, 9.17) is 4.74 Å². The van der Waals surface area contributed by atoms with Gasteiger partial charge in [0.15, 0.2) is 0 Å². The first-order valence-corrected chi connectivity index (χ1v) is 22.1. The zero-order valence-electron chi connectivity index (χ0n) is 35.7. The van der Waals surface area contributed by atoms with Crippen molar-refractivity contribution in [2.75, 3.05) is 9.80 Å². The zero-order valence-corrected chi connectivity index (χ0v) is 35.7. The minimum atomic E-state index is -0.147. The van der Waals surface area contributed by atoms with Crippen molar-refractivity contribution < 1.29 is 4.74 Å². The molecule has 12 rings (SSSR count). The van der Waals surface area contributed by atoms with Crippen LogP contribution in [0.15, 0.2) is 231 Å². The van der Waals surface area contributed by atoms with Crippen LogP contribution in [0.5, 0.6) is 11.5 Å². The standard InChI is InChI=1S/C61H44N2O/c1-61(2)55-24-13-12-21-50(55)51-35-33-49(40-56(51)61)63(47-31-29-44(30-32-47)43-27-25-42(26-28-43)41-15-6-3-7-16-41)57-36-38-59-60-52(22-14-23-53(57)60)54-39-48(34-37-58(54)64-59)62(45-17-8-4-9-18-45)46-19-10-5-11-20-46/h3-40H,1-2H3. The summed E-state index contributed by atoms with van der Waals surface area (Å²) < 4.78 is 6.83. The Morgan fingerprint density at radius 2 is 0.828 bits per heavy atom. The first-order chi connectivity index (χ1) is 31.5. The highest BCUT2D eigenvalue weighted by atomic mass is 16.5. The largest absolute Gasteiger partial charge is 0.456 e. The summed E-state index contributed by atoms with van der Waals surface area (Å²) >= 11 is 0. The molecule has 1 aliphatic heterocycles. The lowest BCUT2D eigenvalue weighted by Gasteiger charge is -2.31. The number of nitrogens with zero attached hydrogens (tertiary/aromatic N) is 2. The van der Waals surface area contributed by atoms with Crippen molar-refractivity contribution in [3.8, 4) is 56.0 Å². The Balaban J connectivity index is 0.998. The van der Waals surface area contributed by atoms with Gasteiger partial charge in [0.1, 0.15) is 11.5 Å². The van der Waals surface area contributed by atoms with Gasteiger partial charge in [-0.3, -0.25) is 0 Å². The van der Waals surface area contributed by atoms with Gasteiger partial charge in [0.25, 0.3) is 0 Å². The van der Waals surface area contributed by atoms with E-state index in [1.165, 1.54) is 44.5 Å². The van der Waals surface area contributed by atoms with E-state index in [-0.39, 0.29) is 5.41 Å². The number of hydrogen-bond acceptors (Lipinski definition) is 3. The molecular formula is C61H44N2O. The molecule has 2 aliphatic rings. The molecule has 0 saturated carbocycles. The number of hydrogen-bond donors (Lipinski definition) is 0. The minimum Gasteiger partial charge on any atom is -0.456 e. The molecule has 10 aromatic rings. The van der Waals surface area contributed by atoms with Gasteiger partial charge < -0.3 is 14.5 Å². The first-order valence-electron chi connectivity index (χ1n) is 22.1. The highest BCUT2D eigenvalue weighted by Gasteiger charge is 2.36. The molecule has 0 saturated heterocycles. The van der Waals surface area contributed by atoms with Crippen LogP contribution in [-0.2, 0) is 5.41 Å². The molecule has 1 heterocycles. The van der Waals surface area contributed by atoms with E-state index in [0.717, 1.165) is 67.5 Å². The van der Waals surface area contributed by atoms with Gasteiger partial charge in [-0.25, -0.2) is 0 Å². The van der Waals surface area contributed by atoms with E-state index in [0.29, 0.717) is 0 Å². The fourth-order valence-corrected chi connectivity index (χ4v) is 10.1. The Labute approximate surface area is 374 Å². The Hall–Kier alpha value is -8.14. The van der Waals surface area contributed by atoms with Crippen molar-refractivity contribution in [1.29, 1.82) is 0 Å². The van der Waals surface area contributed by atoms with E-state index in [1.807, 2.05) is 0 Å². The quantitative estimate of drug-likeness (QED) is 0.152. The number of ether oxygens (including phenoxy) is 1. The second kappa shape index (κ2) is 15.0. The van der Waals surface area contributed by atoms with Gasteiger partial charge in [-0.15, -0.1) is 0 Å². The number of fused-ring (bicyclic) bond motifs is 5. The maximum atomic E-state index is 6.83. The van der Waals surface area contributed by atoms with E-state index < -0.39 is 0 Å². The summed E-state index contributed by atoms with van der Waals surface area (Å²) in [4.78, 5) is 4.74. The molecule has 0 N–H and O–H groups in total. The molecule has 0 bridgehead atoms. The van der Waals surface area contributed by atoms with Crippen molar-refractivity contribution in [1.82, 2.24) is 0 Å². The van der Waals surface area contributed by atoms with Crippen LogP contribution in [0.2, 0.25) is 0 Å². The molecule has 0 atom stereocenters. The fraction of sp³-hybridized carbons (Fsp3) is 0.0492. The van der Waals surface area contributed by atoms with Crippen LogP contribution < -0.4 is 14.5 Å².